The molecule has 0 bridgehead atoms. The van der Waals surface area contributed by atoms with E-state index in [1.807, 2.05) is 12.1 Å². The van der Waals surface area contributed by atoms with Crippen molar-refractivity contribution in [2.75, 3.05) is 6.54 Å². The molecule has 2 aromatic heterocycles. The highest BCUT2D eigenvalue weighted by Gasteiger charge is 2.12. The Morgan fingerprint density at radius 2 is 2.00 bits per heavy atom. The van der Waals surface area contributed by atoms with Gasteiger partial charge in [0.1, 0.15) is 0 Å². The lowest BCUT2D eigenvalue weighted by Crippen LogP contribution is -2.22. The molecule has 2 heterocycles. The van der Waals surface area contributed by atoms with E-state index in [-0.39, 0.29) is 0 Å². The van der Waals surface area contributed by atoms with Crippen LogP contribution in [0, 0.1) is 0 Å². The molecule has 0 aliphatic carbocycles. The molecule has 2 rings (SSSR count). The lowest BCUT2D eigenvalue weighted by molar-refractivity contribution is 0.519. The van der Waals surface area contributed by atoms with Gasteiger partial charge in [-0.25, -0.2) is 0 Å². The minimum absolute atomic E-state index is 0.298. The van der Waals surface area contributed by atoms with Gasteiger partial charge in [0.2, 0.25) is 0 Å². The summed E-state index contributed by atoms with van der Waals surface area (Å²) >= 11 is 0. The van der Waals surface area contributed by atoms with Crippen LogP contribution in [-0.2, 0) is 6.42 Å². The van der Waals surface area contributed by atoms with Crippen molar-refractivity contribution in [1.82, 2.24) is 5.32 Å². The lowest BCUT2D eigenvalue weighted by atomic mass is 10.0. The maximum atomic E-state index is 5.10. The number of furan rings is 2. The summed E-state index contributed by atoms with van der Waals surface area (Å²) in [5.41, 5.74) is 2.38. The Labute approximate surface area is 89.1 Å². The zero-order valence-electron chi connectivity index (χ0n) is 8.77. The molecule has 0 saturated heterocycles. The van der Waals surface area contributed by atoms with Gasteiger partial charge in [-0.05, 0) is 30.7 Å². The van der Waals surface area contributed by atoms with E-state index >= 15 is 0 Å². The second kappa shape index (κ2) is 4.84. The maximum Gasteiger partial charge on any atom is 0.0950 e. The average Bonchev–Trinajstić information content (AvgIpc) is 2.89. The van der Waals surface area contributed by atoms with Gasteiger partial charge in [-0.15, -0.1) is 0 Å². The normalized spacial score (nSPS) is 12.9. The third-order valence-electron chi connectivity index (χ3n) is 2.42. The molecule has 2 aromatic rings. The van der Waals surface area contributed by atoms with E-state index < -0.39 is 0 Å². The van der Waals surface area contributed by atoms with Crippen molar-refractivity contribution >= 4 is 0 Å². The lowest BCUT2D eigenvalue weighted by Gasteiger charge is -2.14. The van der Waals surface area contributed by atoms with Crippen LogP contribution in [-0.4, -0.2) is 6.54 Å². The molecule has 3 nitrogen and oxygen atoms in total. The Hall–Kier alpha value is -1.48. The molecule has 15 heavy (non-hydrogen) atoms. The zero-order valence-corrected chi connectivity index (χ0v) is 8.77. The van der Waals surface area contributed by atoms with Crippen molar-refractivity contribution in [1.29, 1.82) is 0 Å². The van der Waals surface area contributed by atoms with Crippen LogP contribution in [0.15, 0.2) is 46.0 Å². The van der Waals surface area contributed by atoms with Crippen molar-refractivity contribution < 1.29 is 8.83 Å². The van der Waals surface area contributed by atoms with Crippen LogP contribution in [0.25, 0.3) is 0 Å². The second-order valence-electron chi connectivity index (χ2n) is 3.50. The molecule has 1 N–H and O–H groups in total. The molecule has 0 aromatic carbocycles. The van der Waals surface area contributed by atoms with Crippen molar-refractivity contribution in [2.24, 2.45) is 0 Å². The summed E-state index contributed by atoms with van der Waals surface area (Å²) in [4.78, 5) is 0. The van der Waals surface area contributed by atoms with E-state index in [1.54, 1.807) is 25.1 Å². The average molecular weight is 205 g/mol. The van der Waals surface area contributed by atoms with Gasteiger partial charge in [0.25, 0.3) is 0 Å². The third kappa shape index (κ3) is 2.50. The highest BCUT2D eigenvalue weighted by Crippen LogP contribution is 2.18. The summed E-state index contributed by atoms with van der Waals surface area (Å²) < 4.78 is 10.2. The number of likely N-dealkylation sites (N-methyl/N-ethyl adjacent to an activating group) is 1. The minimum Gasteiger partial charge on any atom is -0.472 e. The van der Waals surface area contributed by atoms with Crippen molar-refractivity contribution in [3.63, 3.8) is 0 Å². The van der Waals surface area contributed by atoms with Gasteiger partial charge in [0, 0.05) is 11.6 Å². The predicted octanol–water partition coefficient (Wildman–Crippen LogP) is 2.77. The van der Waals surface area contributed by atoms with E-state index in [4.69, 9.17) is 8.83 Å². The summed E-state index contributed by atoms with van der Waals surface area (Å²) in [6.45, 7) is 3.04. The largest absolute Gasteiger partial charge is 0.472 e. The molecular formula is C12H15NO2. The van der Waals surface area contributed by atoms with Crippen LogP contribution in [0.1, 0.15) is 24.1 Å². The van der Waals surface area contributed by atoms with Crippen LogP contribution in [0.5, 0.6) is 0 Å². The van der Waals surface area contributed by atoms with E-state index in [2.05, 4.69) is 12.2 Å². The SMILES string of the molecule is CCNC(Cc1ccoc1)c1ccoc1. The van der Waals surface area contributed by atoms with Crippen LogP contribution in [0.2, 0.25) is 0 Å². The summed E-state index contributed by atoms with van der Waals surface area (Å²) in [7, 11) is 0. The molecule has 1 atom stereocenters. The second-order valence-corrected chi connectivity index (χ2v) is 3.50. The van der Waals surface area contributed by atoms with Crippen LogP contribution < -0.4 is 5.32 Å². The molecule has 0 spiro atoms. The Balaban J connectivity index is 2.07. The highest BCUT2D eigenvalue weighted by atomic mass is 16.3. The molecule has 0 saturated carbocycles. The number of rotatable bonds is 5. The quantitative estimate of drug-likeness (QED) is 0.815. The Morgan fingerprint density at radius 1 is 1.20 bits per heavy atom. The van der Waals surface area contributed by atoms with Gasteiger partial charge < -0.3 is 14.2 Å². The van der Waals surface area contributed by atoms with Crippen LogP contribution >= 0.6 is 0 Å². The molecule has 3 heteroatoms. The van der Waals surface area contributed by atoms with Crippen LogP contribution in [0.3, 0.4) is 0 Å². The number of hydrogen-bond acceptors (Lipinski definition) is 3. The number of nitrogens with one attached hydrogen (secondary N) is 1. The number of hydrogen-bond donors (Lipinski definition) is 1. The molecule has 0 aliphatic rings. The molecule has 0 amide bonds. The molecule has 1 unspecified atom stereocenters. The molecular weight excluding hydrogens is 190 g/mol. The van der Waals surface area contributed by atoms with Crippen molar-refractivity contribution in [3.05, 3.63) is 48.3 Å². The fraction of sp³-hybridized carbons (Fsp3) is 0.333. The van der Waals surface area contributed by atoms with Gasteiger partial charge in [-0.1, -0.05) is 6.92 Å². The summed E-state index contributed by atoms with van der Waals surface area (Å²) in [5, 5.41) is 3.42. The van der Waals surface area contributed by atoms with Gasteiger partial charge in [-0.3, -0.25) is 0 Å². The summed E-state index contributed by atoms with van der Waals surface area (Å²) in [6.07, 6.45) is 7.89. The van der Waals surface area contributed by atoms with Gasteiger partial charge in [-0.2, -0.15) is 0 Å². The Kier molecular flexibility index (Phi) is 3.25. The van der Waals surface area contributed by atoms with Gasteiger partial charge in [0.15, 0.2) is 0 Å². The first-order valence-electron chi connectivity index (χ1n) is 5.16. The first kappa shape index (κ1) is 10.1. The molecule has 0 radical (unpaired) electrons. The fourth-order valence-electron chi connectivity index (χ4n) is 1.67. The fourth-order valence-corrected chi connectivity index (χ4v) is 1.67. The van der Waals surface area contributed by atoms with Crippen LogP contribution in [0.4, 0.5) is 0 Å². The first-order valence-corrected chi connectivity index (χ1v) is 5.16. The smallest absolute Gasteiger partial charge is 0.0950 e. The topological polar surface area (TPSA) is 38.3 Å². The predicted molar refractivity (Wildman–Crippen MR) is 57.5 cm³/mol. The zero-order chi connectivity index (χ0) is 10.5. The maximum absolute atomic E-state index is 5.10. The summed E-state index contributed by atoms with van der Waals surface area (Å²) in [5.74, 6) is 0. The standard InChI is InChI=1S/C12H15NO2/c1-2-13-12(11-4-6-15-9-11)7-10-3-5-14-8-10/h3-6,8-9,12-13H,2,7H2,1H3. The Bertz CT molecular complexity index is 364. The summed E-state index contributed by atoms with van der Waals surface area (Å²) in [6, 6.07) is 4.28. The molecule has 0 fully saturated rings. The van der Waals surface area contributed by atoms with Crippen molar-refractivity contribution in [3.8, 4) is 0 Å². The van der Waals surface area contributed by atoms with E-state index in [1.165, 1.54) is 11.1 Å². The molecule has 0 aliphatic heterocycles. The van der Waals surface area contributed by atoms with Crippen molar-refractivity contribution in [2.45, 2.75) is 19.4 Å². The van der Waals surface area contributed by atoms with E-state index in [0.717, 1.165) is 13.0 Å². The minimum atomic E-state index is 0.298. The highest BCUT2D eigenvalue weighted by molar-refractivity contribution is 5.17. The van der Waals surface area contributed by atoms with Gasteiger partial charge >= 0.3 is 0 Å². The van der Waals surface area contributed by atoms with E-state index in [9.17, 15) is 0 Å². The van der Waals surface area contributed by atoms with Gasteiger partial charge in [0.05, 0.1) is 25.1 Å². The Morgan fingerprint density at radius 3 is 2.60 bits per heavy atom. The molecule has 80 valence electrons. The van der Waals surface area contributed by atoms with E-state index in [0.29, 0.717) is 6.04 Å². The third-order valence-corrected chi connectivity index (χ3v) is 2.42. The monoisotopic (exact) mass is 205 g/mol. The first-order chi connectivity index (χ1) is 7.40.